The van der Waals surface area contributed by atoms with E-state index in [9.17, 15) is 9.59 Å². The average molecular weight is 416 g/mol. The van der Waals surface area contributed by atoms with Crippen molar-refractivity contribution in [2.45, 2.75) is 19.0 Å². The van der Waals surface area contributed by atoms with Crippen LogP contribution in [0.2, 0.25) is 0 Å². The maximum atomic E-state index is 13.3. The Bertz CT molecular complexity index is 1240. The van der Waals surface area contributed by atoms with Crippen molar-refractivity contribution >= 4 is 34.5 Å². The Labute approximate surface area is 178 Å². The molecule has 5 rings (SSSR count). The fourth-order valence-electron chi connectivity index (χ4n) is 3.87. The number of aromatic nitrogens is 2. The van der Waals surface area contributed by atoms with Crippen molar-refractivity contribution in [2.24, 2.45) is 0 Å². The van der Waals surface area contributed by atoms with E-state index in [4.69, 9.17) is 9.15 Å². The lowest BCUT2D eigenvalue weighted by molar-refractivity contribution is -0.124. The van der Waals surface area contributed by atoms with E-state index in [0.29, 0.717) is 23.1 Å². The third-order valence-corrected chi connectivity index (χ3v) is 5.33. The molecule has 0 radical (unpaired) electrons. The molecule has 2 aromatic heterocycles. The largest absolute Gasteiger partial charge is 0.497 e. The zero-order valence-corrected chi connectivity index (χ0v) is 16.8. The predicted octanol–water partition coefficient (Wildman–Crippen LogP) is 3.75. The summed E-state index contributed by atoms with van der Waals surface area (Å²) in [6, 6.07) is 17.5. The van der Waals surface area contributed by atoms with Gasteiger partial charge < -0.3 is 14.5 Å². The topological polar surface area (TPSA) is 89.6 Å². The molecule has 0 saturated heterocycles. The highest BCUT2D eigenvalue weighted by Gasteiger charge is 2.41. The van der Waals surface area contributed by atoms with Crippen LogP contribution < -0.4 is 15.0 Å². The summed E-state index contributed by atoms with van der Waals surface area (Å²) in [6.07, 6.45) is 1.56. The number of methoxy groups -OCH3 is 1. The summed E-state index contributed by atoms with van der Waals surface area (Å²) in [4.78, 5) is 32.3. The molecule has 1 N–H and O–H groups in total. The van der Waals surface area contributed by atoms with Crippen LogP contribution in [-0.2, 0) is 16.1 Å². The molecule has 0 unspecified atom stereocenters. The number of nitrogens with one attached hydrogen (secondary N) is 1. The van der Waals surface area contributed by atoms with Crippen LogP contribution in [0.3, 0.4) is 0 Å². The molecule has 1 atom stereocenters. The molecule has 2 aromatic carbocycles. The minimum atomic E-state index is -0.685. The Kier molecular flexibility index (Phi) is 4.66. The van der Waals surface area contributed by atoms with Gasteiger partial charge in [0.25, 0.3) is 5.91 Å². The number of imidazole rings is 1. The van der Waals surface area contributed by atoms with Gasteiger partial charge in [0.1, 0.15) is 17.6 Å². The number of anilines is 2. The van der Waals surface area contributed by atoms with Crippen LogP contribution in [0, 0.1) is 0 Å². The smallest absolute Gasteiger partial charge is 0.253 e. The summed E-state index contributed by atoms with van der Waals surface area (Å²) in [5, 5.41) is 2.85. The molecule has 156 valence electrons. The van der Waals surface area contributed by atoms with Crippen LogP contribution in [0.5, 0.6) is 5.75 Å². The van der Waals surface area contributed by atoms with Gasteiger partial charge in [-0.2, -0.15) is 0 Å². The van der Waals surface area contributed by atoms with Crippen molar-refractivity contribution in [3.8, 4) is 5.75 Å². The predicted molar refractivity (Wildman–Crippen MR) is 115 cm³/mol. The average Bonchev–Trinajstić information content (AvgIpc) is 3.48. The fourth-order valence-corrected chi connectivity index (χ4v) is 3.87. The first-order chi connectivity index (χ1) is 15.1. The van der Waals surface area contributed by atoms with E-state index in [2.05, 4.69) is 10.3 Å². The first kappa shape index (κ1) is 18.9. The third kappa shape index (κ3) is 3.42. The van der Waals surface area contributed by atoms with Gasteiger partial charge in [0.2, 0.25) is 11.9 Å². The summed E-state index contributed by atoms with van der Waals surface area (Å²) in [5.41, 5.74) is 2.23. The highest BCUT2D eigenvalue weighted by Crippen LogP contribution is 2.37. The van der Waals surface area contributed by atoms with E-state index < -0.39 is 6.04 Å². The van der Waals surface area contributed by atoms with Crippen LogP contribution in [0.1, 0.15) is 18.2 Å². The Morgan fingerprint density at radius 1 is 1.13 bits per heavy atom. The Morgan fingerprint density at radius 2 is 1.94 bits per heavy atom. The minimum absolute atomic E-state index is 0.00707. The number of amides is 2. The van der Waals surface area contributed by atoms with Crippen LogP contribution >= 0.6 is 0 Å². The standard InChI is InChI=1S/C23H20N4O4/c1-30-16-10-8-15(9-11-16)24-21(28)13-20-22(29)26(14-17-5-4-12-31-17)23-25-18-6-2-3-7-19(18)27(20)23/h2-12,20H,13-14H2,1H3,(H,24,28)/t20-/m1/s1. The summed E-state index contributed by atoms with van der Waals surface area (Å²) >= 11 is 0. The number of hydrogen-bond donors (Lipinski definition) is 1. The van der Waals surface area contributed by atoms with Crippen molar-refractivity contribution in [3.63, 3.8) is 0 Å². The van der Waals surface area contributed by atoms with Gasteiger partial charge >= 0.3 is 0 Å². The van der Waals surface area contributed by atoms with Crippen molar-refractivity contribution in [3.05, 3.63) is 72.7 Å². The zero-order valence-electron chi connectivity index (χ0n) is 16.8. The van der Waals surface area contributed by atoms with E-state index in [1.54, 1.807) is 48.6 Å². The van der Waals surface area contributed by atoms with Crippen molar-refractivity contribution in [2.75, 3.05) is 17.3 Å². The van der Waals surface area contributed by atoms with Gasteiger partial charge in [-0.1, -0.05) is 12.1 Å². The molecule has 0 saturated carbocycles. The first-order valence-corrected chi connectivity index (χ1v) is 9.88. The number of carbonyl (C=O) groups is 2. The summed E-state index contributed by atoms with van der Waals surface area (Å²) in [6.45, 7) is 0.256. The molecule has 0 aliphatic carbocycles. The minimum Gasteiger partial charge on any atom is -0.497 e. The number of para-hydroxylation sites is 2. The molecule has 0 fully saturated rings. The molecule has 8 heteroatoms. The Balaban J connectivity index is 1.44. The highest BCUT2D eigenvalue weighted by atomic mass is 16.5. The molecule has 4 aromatic rings. The number of hydrogen-bond acceptors (Lipinski definition) is 5. The van der Waals surface area contributed by atoms with Gasteiger partial charge in [0.05, 0.1) is 37.4 Å². The van der Waals surface area contributed by atoms with E-state index in [1.165, 1.54) is 0 Å². The van der Waals surface area contributed by atoms with Gasteiger partial charge in [-0.25, -0.2) is 4.98 Å². The quantitative estimate of drug-likeness (QED) is 0.517. The Morgan fingerprint density at radius 3 is 2.68 bits per heavy atom. The number of benzene rings is 2. The molecule has 1 aliphatic rings. The number of rotatable bonds is 6. The van der Waals surface area contributed by atoms with Crippen LogP contribution in [0.15, 0.2) is 71.3 Å². The van der Waals surface area contributed by atoms with Gasteiger partial charge in [0, 0.05) is 5.69 Å². The molecule has 0 bridgehead atoms. The van der Waals surface area contributed by atoms with Crippen molar-refractivity contribution in [1.82, 2.24) is 9.55 Å². The number of carbonyl (C=O) groups excluding carboxylic acids is 2. The second-order valence-electron chi connectivity index (χ2n) is 7.27. The molecule has 1 aliphatic heterocycles. The van der Waals surface area contributed by atoms with E-state index in [-0.39, 0.29) is 24.8 Å². The summed E-state index contributed by atoms with van der Waals surface area (Å²) < 4.78 is 12.4. The second kappa shape index (κ2) is 7.64. The second-order valence-corrected chi connectivity index (χ2v) is 7.27. The first-order valence-electron chi connectivity index (χ1n) is 9.88. The maximum absolute atomic E-state index is 13.3. The van der Waals surface area contributed by atoms with Crippen molar-refractivity contribution < 1.29 is 18.7 Å². The van der Waals surface area contributed by atoms with Crippen LogP contribution in [0.4, 0.5) is 11.6 Å². The normalized spacial score (nSPS) is 15.3. The molecule has 8 nitrogen and oxygen atoms in total. The Hall–Kier alpha value is -4.07. The van der Waals surface area contributed by atoms with Crippen LogP contribution in [0.25, 0.3) is 11.0 Å². The van der Waals surface area contributed by atoms with Crippen molar-refractivity contribution in [1.29, 1.82) is 0 Å². The summed E-state index contributed by atoms with van der Waals surface area (Å²) in [7, 11) is 1.58. The monoisotopic (exact) mass is 416 g/mol. The van der Waals surface area contributed by atoms with Crippen LogP contribution in [-0.4, -0.2) is 28.5 Å². The molecule has 0 spiro atoms. The van der Waals surface area contributed by atoms with E-state index >= 15 is 0 Å². The summed E-state index contributed by atoms with van der Waals surface area (Å²) in [5.74, 6) is 1.42. The lowest BCUT2D eigenvalue weighted by atomic mass is 10.1. The SMILES string of the molecule is COc1ccc(NC(=O)C[C@@H]2C(=O)N(Cc3ccco3)c3nc4ccccc4n32)cc1. The molecule has 3 heterocycles. The lowest BCUT2D eigenvalue weighted by Crippen LogP contribution is -2.30. The van der Waals surface area contributed by atoms with E-state index in [1.807, 2.05) is 34.9 Å². The van der Waals surface area contributed by atoms with Gasteiger partial charge in [0.15, 0.2) is 0 Å². The van der Waals surface area contributed by atoms with E-state index in [0.717, 1.165) is 11.0 Å². The fraction of sp³-hybridized carbons (Fsp3) is 0.174. The van der Waals surface area contributed by atoms with Gasteiger partial charge in [-0.15, -0.1) is 0 Å². The zero-order chi connectivity index (χ0) is 21.4. The highest BCUT2D eigenvalue weighted by molar-refractivity contribution is 6.05. The number of ether oxygens (including phenoxy) is 1. The number of furan rings is 1. The number of fused-ring (bicyclic) bond motifs is 3. The molecular formula is C23H20N4O4. The lowest BCUT2D eigenvalue weighted by Gasteiger charge is -2.15. The molecule has 2 amide bonds. The molecular weight excluding hydrogens is 396 g/mol. The van der Waals surface area contributed by atoms with Gasteiger partial charge in [-0.05, 0) is 48.5 Å². The maximum Gasteiger partial charge on any atom is 0.253 e. The third-order valence-electron chi connectivity index (χ3n) is 5.33. The van der Waals surface area contributed by atoms with Gasteiger partial charge in [-0.3, -0.25) is 19.1 Å². The molecule has 31 heavy (non-hydrogen) atoms. The number of nitrogens with zero attached hydrogens (tertiary/aromatic N) is 3.